The van der Waals surface area contributed by atoms with Crippen LogP contribution in [0.25, 0.3) is 16.9 Å². The summed E-state index contributed by atoms with van der Waals surface area (Å²) in [5.41, 5.74) is 4.51. The quantitative estimate of drug-likeness (QED) is 0.564. The highest BCUT2D eigenvalue weighted by atomic mass is 16.7. The van der Waals surface area contributed by atoms with Crippen LogP contribution in [-0.4, -0.2) is 21.3 Å². The molecule has 0 fully saturated rings. The van der Waals surface area contributed by atoms with Gasteiger partial charge >= 0.3 is 0 Å². The number of nitrogens with one attached hydrogen (secondary N) is 1. The lowest BCUT2D eigenvalue weighted by Gasteiger charge is -2.11. The standard InChI is InChI=1S/C21H17N3O3/c1-13-3-2-4-19-23-20(14-5-8-16(25)9-6-14)21(24(13)19)22-15-7-10-17-18(11-15)27-12-26-17/h2-11,22,25H,12H2,1H3. The molecule has 6 nitrogen and oxygen atoms in total. The van der Waals surface area contributed by atoms with E-state index < -0.39 is 0 Å². The highest BCUT2D eigenvalue weighted by molar-refractivity contribution is 5.80. The van der Waals surface area contributed by atoms with Crippen molar-refractivity contribution in [1.82, 2.24) is 9.38 Å². The number of hydrogen-bond donors (Lipinski definition) is 2. The molecule has 0 saturated carbocycles. The number of anilines is 2. The first-order valence-electron chi connectivity index (χ1n) is 8.63. The number of aryl methyl sites for hydroxylation is 1. The molecule has 0 amide bonds. The lowest BCUT2D eigenvalue weighted by Crippen LogP contribution is -1.99. The van der Waals surface area contributed by atoms with Gasteiger partial charge < -0.3 is 19.9 Å². The minimum atomic E-state index is 0.226. The third-order valence-corrected chi connectivity index (χ3v) is 4.61. The molecule has 1 aliphatic heterocycles. The number of rotatable bonds is 3. The van der Waals surface area contributed by atoms with Crippen molar-refractivity contribution in [1.29, 1.82) is 0 Å². The molecular weight excluding hydrogens is 342 g/mol. The zero-order valence-electron chi connectivity index (χ0n) is 14.6. The summed E-state index contributed by atoms with van der Waals surface area (Å²) >= 11 is 0. The van der Waals surface area contributed by atoms with Crippen LogP contribution in [0.1, 0.15) is 5.69 Å². The molecule has 0 saturated heterocycles. The molecule has 2 aromatic carbocycles. The number of phenolic OH excluding ortho intramolecular Hbond substituents is 1. The third kappa shape index (κ3) is 2.62. The van der Waals surface area contributed by atoms with Gasteiger partial charge in [0.15, 0.2) is 11.5 Å². The SMILES string of the molecule is Cc1cccc2nc(-c3ccc(O)cc3)c(Nc3ccc4c(c3)OCO4)n12. The average Bonchev–Trinajstić information content (AvgIpc) is 3.28. The van der Waals surface area contributed by atoms with Gasteiger partial charge in [0.1, 0.15) is 22.9 Å². The minimum Gasteiger partial charge on any atom is -0.508 e. The Kier molecular flexibility index (Phi) is 3.43. The summed E-state index contributed by atoms with van der Waals surface area (Å²) in [5, 5.41) is 13.1. The fraction of sp³-hybridized carbons (Fsp3) is 0.0952. The Balaban J connectivity index is 1.67. The fourth-order valence-corrected chi connectivity index (χ4v) is 3.30. The summed E-state index contributed by atoms with van der Waals surface area (Å²) in [6, 6.07) is 18.8. The van der Waals surface area contributed by atoms with Gasteiger partial charge in [-0.1, -0.05) is 6.07 Å². The monoisotopic (exact) mass is 359 g/mol. The fourth-order valence-electron chi connectivity index (χ4n) is 3.30. The molecule has 5 rings (SSSR count). The van der Waals surface area contributed by atoms with Gasteiger partial charge in [-0.15, -0.1) is 0 Å². The first-order chi connectivity index (χ1) is 13.2. The number of benzene rings is 2. The zero-order chi connectivity index (χ0) is 18.4. The molecule has 2 aromatic heterocycles. The topological polar surface area (TPSA) is 68.0 Å². The molecule has 0 unspecified atom stereocenters. The van der Waals surface area contributed by atoms with Crippen LogP contribution in [0.4, 0.5) is 11.5 Å². The second kappa shape index (κ2) is 5.95. The van der Waals surface area contributed by atoms with Crippen LogP contribution in [0.2, 0.25) is 0 Å². The number of hydrogen-bond acceptors (Lipinski definition) is 5. The van der Waals surface area contributed by atoms with Crippen molar-refractivity contribution in [3.8, 4) is 28.5 Å². The molecule has 6 heteroatoms. The van der Waals surface area contributed by atoms with Gasteiger partial charge in [-0.3, -0.25) is 4.40 Å². The van der Waals surface area contributed by atoms with Crippen LogP contribution < -0.4 is 14.8 Å². The van der Waals surface area contributed by atoms with E-state index >= 15 is 0 Å². The average molecular weight is 359 g/mol. The van der Waals surface area contributed by atoms with Crippen LogP contribution in [0, 0.1) is 6.92 Å². The third-order valence-electron chi connectivity index (χ3n) is 4.61. The number of pyridine rings is 1. The maximum Gasteiger partial charge on any atom is 0.231 e. The summed E-state index contributed by atoms with van der Waals surface area (Å²) in [5.74, 6) is 2.54. The highest BCUT2D eigenvalue weighted by Gasteiger charge is 2.18. The second-order valence-electron chi connectivity index (χ2n) is 6.41. The van der Waals surface area contributed by atoms with Gasteiger partial charge in [0.05, 0.1) is 0 Å². The lowest BCUT2D eigenvalue weighted by atomic mass is 10.1. The van der Waals surface area contributed by atoms with Crippen molar-refractivity contribution in [3.63, 3.8) is 0 Å². The van der Waals surface area contributed by atoms with E-state index in [1.807, 2.05) is 55.5 Å². The van der Waals surface area contributed by atoms with Crippen LogP contribution in [0.5, 0.6) is 17.2 Å². The van der Waals surface area contributed by atoms with E-state index in [-0.39, 0.29) is 12.5 Å². The van der Waals surface area contributed by atoms with E-state index in [0.717, 1.165) is 45.6 Å². The van der Waals surface area contributed by atoms with E-state index in [9.17, 15) is 5.11 Å². The summed E-state index contributed by atoms with van der Waals surface area (Å²) in [6.07, 6.45) is 0. The Morgan fingerprint density at radius 2 is 1.81 bits per heavy atom. The minimum absolute atomic E-state index is 0.226. The Morgan fingerprint density at radius 3 is 2.67 bits per heavy atom. The van der Waals surface area contributed by atoms with Crippen molar-refractivity contribution in [2.45, 2.75) is 6.92 Å². The van der Waals surface area contributed by atoms with Crippen molar-refractivity contribution < 1.29 is 14.6 Å². The molecule has 1 aliphatic rings. The molecule has 4 aromatic rings. The van der Waals surface area contributed by atoms with Crippen LogP contribution in [0.15, 0.2) is 60.7 Å². The van der Waals surface area contributed by atoms with E-state index in [0.29, 0.717) is 0 Å². The maximum atomic E-state index is 9.61. The number of nitrogens with zero attached hydrogens (tertiary/aromatic N) is 2. The van der Waals surface area contributed by atoms with Crippen molar-refractivity contribution in [2.24, 2.45) is 0 Å². The predicted molar refractivity (Wildman–Crippen MR) is 103 cm³/mol. The summed E-state index contributed by atoms with van der Waals surface area (Å²) in [4.78, 5) is 4.80. The molecule has 0 radical (unpaired) electrons. The van der Waals surface area contributed by atoms with Gasteiger partial charge in [0.25, 0.3) is 0 Å². The maximum absolute atomic E-state index is 9.61. The van der Waals surface area contributed by atoms with Gasteiger partial charge in [0, 0.05) is 23.0 Å². The van der Waals surface area contributed by atoms with E-state index in [4.69, 9.17) is 14.5 Å². The number of imidazole rings is 1. The number of aromatic nitrogens is 2. The molecule has 0 aliphatic carbocycles. The first-order valence-corrected chi connectivity index (χ1v) is 8.63. The van der Waals surface area contributed by atoms with Crippen molar-refractivity contribution >= 4 is 17.2 Å². The Bertz CT molecular complexity index is 1150. The number of phenols is 1. The Labute approximate surface area is 155 Å². The number of ether oxygens (including phenoxy) is 2. The largest absolute Gasteiger partial charge is 0.508 e. The van der Waals surface area contributed by atoms with Crippen molar-refractivity contribution in [2.75, 3.05) is 12.1 Å². The van der Waals surface area contributed by atoms with E-state index in [2.05, 4.69) is 9.72 Å². The van der Waals surface area contributed by atoms with Crippen LogP contribution in [-0.2, 0) is 0 Å². The highest BCUT2D eigenvalue weighted by Crippen LogP contribution is 2.37. The van der Waals surface area contributed by atoms with Crippen molar-refractivity contribution in [3.05, 3.63) is 66.4 Å². The van der Waals surface area contributed by atoms with E-state index in [1.54, 1.807) is 12.1 Å². The smallest absolute Gasteiger partial charge is 0.231 e. The van der Waals surface area contributed by atoms with Gasteiger partial charge in [0.2, 0.25) is 6.79 Å². The Morgan fingerprint density at radius 1 is 1.00 bits per heavy atom. The summed E-state index contributed by atoms with van der Waals surface area (Å²) in [7, 11) is 0. The number of fused-ring (bicyclic) bond motifs is 2. The zero-order valence-corrected chi connectivity index (χ0v) is 14.6. The lowest BCUT2D eigenvalue weighted by molar-refractivity contribution is 0.174. The van der Waals surface area contributed by atoms with Gasteiger partial charge in [-0.25, -0.2) is 4.98 Å². The molecule has 0 bridgehead atoms. The molecule has 2 N–H and O–H groups in total. The number of aromatic hydroxyl groups is 1. The molecule has 0 spiro atoms. The van der Waals surface area contributed by atoms with Crippen LogP contribution >= 0.6 is 0 Å². The second-order valence-corrected chi connectivity index (χ2v) is 6.41. The molecular formula is C21H17N3O3. The Hall–Kier alpha value is -3.67. The van der Waals surface area contributed by atoms with E-state index in [1.165, 1.54) is 0 Å². The first kappa shape index (κ1) is 15.6. The summed E-state index contributed by atoms with van der Waals surface area (Å²) < 4.78 is 13.0. The van der Waals surface area contributed by atoms with Crippen LogP contribution in [0.3, 0.4) is 0 Å². The molecule has 0 atom stereocenters. The molecule has 3 heterocycles. The summed E-state index contributed by atoms with van der Waals surface area (Å²) in [6.45, 7) is 2.28. The predicted octanol–water partition coefficient (Wildman–Crippen LogP) is 4.49. The van der Waals surface area contributed by atoms with Gasteiger partial charge in [-0.2, -0.15) is 0 Å². The molecule has 27 heavy (non-hydrogen) atoms. The molecule has 134 valence electrons. The normalized spacial score (nSPS) is 12.5. The van der Waals surface area contributed by atoms with Gasteiger partial charge in [-0.05, 0) is 55.5 Å².